The van der Waals surface area contributed by atoms with Crippen molar-refractivity contribution < 1.29 is 0 Å². The van der Waals surface area contributed by atoms with E-state index in [1.54, 1.807) is 0 Å². The number of nitriles is 1. The molecule has 1 aromatic heterocycles. The lowest BCUT2D eigenvalue weighted by molar-refractivity contribution is 0.213. The van der Waals surface area contributed by atoms with Crippen LogP contribution in [0.2, 0.25) is 0 Å². The van der Waals surface area contributed by atoms with Crippen LogP contribution in [-0.2, 0) is 6.42 Å². The van der Waals surface area contributed by atoms with Gasteiger partial charge in [0.2, 0.25) is 0 Å². The van der Waals surface area contributed by atoms with Gasteiger partial charge in [0.25, 0.3) is 0 Å². The SMILES string of the molecule is C=CCCCc1ccc(-c2ccc([C@H]3CC[C@@](C#N)(CC[C@@H](C)CC)CC3)cc2)nc1. The first kappa shape index (κ1) is 23.3. The quantitative estimate of drug-likeness (QED) is 0.290. The molecule has 1 fully saturated rings. The average molecular weight is 415 g/mol. The molecule has 0 N–H and O–H groups in total. The zero-order valence-electron chi connectivity index (χ0n) is 19.4. The number of hydrogen-bond donors (Lipinski definition) is 0. The minimum atomic E-state index is -0.0861. The van der Waals surface area contributed by atoms with Crippen molar-refractivity contribution in [3.63, 3.8) is 0 Å². The topological polar surface area (TPSA) is 36.7 Å². The van der Waals surface area contributed by atoms with Crippen molar-refractivity contribution in [1.29, 1.82) is 5.26 Å². The van der Waals surface area contributed by atoms with Gasteiger partial charge >= 0.3 is 0 Å². The van der Waals surface area contributed by atoms with E-state index in [1.165, 1.54) is 29.5 Å². The number of allylic oxidation sites excluding steroid dienone is 1. The fourth-order valence-electron chi connectivity index (χ4n) is 4.77. The summed E-state index contributed by atoms with van der Waals surface area (Å²) in [7, 11) is 0. The Balaban J connectivity index is 1.57. The second kappa shape index (κ2) is 11.3. The molecule has 1 saturated carbocycles. The van der Waals surface area contributed by atoms with Crippen LogP contribution in [0.4, 0.5) is 0 Å². The largest absolute Gasteiger partial charge is 0.256 e. The van der Waals surface area contributed by atoms with Crippen molar-refractivity contribution in [1.82, 2.24) is 4.98 Å². The van der Waals surface area contributed by atoms with Gasteiger partial charge in [0.15, 0.2) is 0 Å². The maximum absolute atomic E-state index is 9.86. The second-order valence-electron chi connectivity index (χ2n) is 9.57. The molecule has 0 saturated heterocycles. The van der Waals surface area contributed by atoms with Crippen molar-refractivity contribution in [3.05, 3.63) is 66.4 Å². The Morgan fingerprint density at radius 1 is 1.19 bits per heavy atom. The first-order chi connectivity index (χ1) is 15.1. The summed E-state index contributed by atoms with van der Waals surface area (Å²) < 4.78 is 0. The zero-order chi connectivity index (χ0) is 22.1. The molecule has 2 aromatic rings. The van der Waals surface area contributed by atoms with Gasteiger partial charge in [0.1, 0.15) is 0 Å². The van der Waals surface area contributed by atoms with Gasteiger partial charge in [-0.3, -0.25) is 4.98 Å². The fraction of sp³-hybridized carbons (Fsp3) is 0.517. The minimum absolute atomic E-state index is 0.0861. The predicted molar refractivity (Wildman–Crippen MR) is 131 cm³/mol. The second-order valence-corrected chi connectivity index (χ2v) is 9.57. The van der Waals surface area contributed by atoms with Gasteiger partial charge in [-0.15, -0.1) is 6.58 Å². The van der Waals surface area contributed by atoms with Crippen LogP contribution in [0.5, 0.6) is 0 Å². The maximum Gasteiger partial charge on any atom is 0.0702 e. The molecule has 31 heavy (non-hydrogen) atoms. The molecule has 2 heteroatoms. The summed E-state index contributed by atoms with van der Waals surface area (Å²) in [6.45, 7) is 8.34. The number of unbranched alkanes of at least 4 members (excludes halogenated alkanes) is 1. The fourth-order valence-corrected chi connectivity index (χ4v) is 4.77. The number of aryl methyl sites for hydroxylation is 1. The van der Waals surface area contributed by atoms with Crippen LogP contribution < -0.4 is 0 Å². The molecule has 1 aliphatic carbocycles. The van der Waals surface area contributed by atoms with E-state index in [0.717, 1.165) is 63.0 Å². The molecule has 164 valence electrons. The van der Waals surface area contributed by atoms with Gasteiger partial charge in [-0.2, -0.15) is 5.26 Å². The van der Waals surface area contributed by atoms with Crippen molar-refractivity contribution >= 4 is 0 Å². The number of rotatable bonds is 10. The molecule has 0 aliphatic heterocycles. The summed E-state index contributed by atoms with van der Waals surface area (Å²) >= 11 is 0. The molecule has 2 nitrogen and oxygen atoms in total. The van der Waals surface area contributed by atoms with E-state index in [-0.39, 0.29) is 5.41 Å². The Morgan fingerprint density at radius 2 is 1.94 bits per heavy atom. The van der Waals surface area contributed by atoms with Crippen LogP contribution >= 0.6 is 0 Å². The van der Waals surface area contributed by atoms with Gasteiger partial charge in [-0.25, -0.2) is 0 Å². The van der Waals surface area contributed by atoms with E-state index >= 15 is 0 Å². The molecule has 1 aliphatic rings. The summed E-state index contributed by atoms with van der Waals surface area (Å²) in [4.78, 5) is 4.68. The lowest BCUT2D eigenvalue weighted by atomic mass is 9.67. The van der Waals surface area contributed by atoms with Gasteiger partial charge in [0, 0.05) is 11.8 Å². The van der Waals surface area contributed by atoms with Crippen molar-refractivity contribution in [2.24, 2.45) is 11.3 Å². The highest BCUT2D eigenvalue weighted by Gasteiger charge is 2.35. The van der Waals surface area contributed by atoms with Crippen LogP contribution in [0, 0.1) is 22.7 Å². The van der Waals surface area contributed by atoms with Gasteiger partial charge < -0.3 is 0 Å². The number of nitrogens with zero attached hydrogens (tertiary/aromatic N) is 2. The number of aromatic nitrogens is 1. The molecular weight excluding hydrogens is 376 g/mol. The Bertz CT molecular complexity index is 849. The highest BCUT2D eigenvalue weighted by molar-refractivity contribution is 5.59. The Morgan fingerprint density at radius 3 is 2.52 bits per heavy atom. The third-order valence-corrected chi connectivity index (χ3v) is 7.37. The zero-order valence-corrected chi connectivity index (χ0v) is 19.4. The van der Waals surface area contributed by atoms with Crippen molar-refractivity contribution in [2.75, 3.05) is 0 Å². The van der Waals surface area contributed by atoms with Crippen molar-refractivity contribution in [3.8, 4) is 17.3 Å². The summed E-state index contributed by atoms with van der Waals surface area (Å²) in [5, 5.41) is 9.86. The number of benzene rings is 1. The van der Waals surface area contributed by atoms with Crippen LogP contribution in [0.25, 0.3) is 11.3 Å². The maximum atomic E-state index is 9.86. The van der Waals surface area contributed by atoms with Gasteiger partial charge in [0.05, 0.1) is 17.2 Å². The lowest BCUT2D eigenvalue weighted by Gasteiger charge is -2.36. The van der Waals surface area contributed by atoms with Gasteiger partial charge in [-0.05, 0) is 86.8 Å². The van der Waals surface area contributed by atoms with Crippen LogP contribution in [-0.4, -0.2) is 4.98 Å². The minimum Gasteiger partial charge on any atom is -0.256 e. The smallest absolute Gasteiger partial charge is 0.0702 e. The molecule has 0 spiro atoms. The van der Waals surface area contributed by atoms with Crippen LogP contribution in [0.3, 0.4) is 0 Å². The Hall–Kier alpha value is -2.40. The molecule has 0 radical (unpaired) electrons. The predicted octanol–water partition coefficient (Wildman–Crippen LogP) is 8.25. The highest BCUT2D eigenvalue weighted by Crippen LogP contribution is 2.46. The van der Waals surface area contributed by atoms with E-state index in [4.69, 9.17) is 0 Å². The molecule has 1 heterocycles. The van der Waals surface area contributed by atoms with Crippen LogP contribution in [0.15, 0.2) is 55.3 Å². The molecule has 0 amide bonds. The highest BCUT2D eigenvalue weighted by atomic mass is 14.7. The third kappa shape index (κ3) is 6.30. The molecule has 0 bridgehead atoms. The Kier molecular flexibility index (Phi) is 8.47. The summed E-state index contributed by atoms with van der Waals surface area (Å²) in [5.41, 5.74) is 4.84. The molecule has 1 aromatic carbocycles. The first-order valence-electron chi connectivity index (χ1n) is 12.2. The van der Waals surface area contributed by atoms with E-state index < -0.39 is 0 Å². The normalized spacial score (nSPS) is 21.9. The van der Waals surface area contributed by atoms with E-state index in [0.29, 0.717) is 5.92 Å². The summed E-state index contributed by atoms with van der Waals surface area (Å²) in [6.07, 6.45) is 15.0. The van der Waals surface area contributed by atoms with Gasteiger partial charge in [-0.1, -0.05) is 56.7 Å². The number of pyridine rings is 1. The molecule has 3 rings (SSSR count). The van der Waals surface area contributed by atoms with Crippen molar-refractivity contribution in [2.45, 2.75) is 84.0 Å². The van der Waals surface area contributed by atoms with E-state index in [9.17, 15) is 5.26 Å². The summed E-state index contributed by atoms with van der Waals surface area (Å²) in [5.74, 6) is 1.31. The summed E-state index contributed by atoms with van der Waals surface area (Å²) in [6, 6.07) is 16.0. The molecule has 1 atom stereocenters. The monoisotopic (exact) mass is 414 g/mol. The third-order valence-electron chi connectivity index (χ3n) is 7.37. The van der Waals surface area contributed by atoms with E-state index in [2.05, 4.69) is 67.9 Å². The standard InChI is InChI=1S/C29H38N2/c1-4-6-7-8-24-9-14-28(31-21-24)27-12-10-25(11-13-27)26-16-19-29(22-30,20-17-26)18-15-23(3)5-2/h4,9-14,21,23,26H,1,5-8,15-20H2,2-3H3/t23-,26-,29-/m0/s1. The molecular formula is C29H38N2. The number of hydrogen-bond acceptors (Lipinski definition) is 2. The average Bonchev–Trinajstić information content (AvgIpc) is 2.83. The Labute approximate surface area is 189 Å². The van der Waals surface area contributed by atoms with E-state index in [1.807, 2.05) is 12.3 Å². The lowest BCUT2D eigenvalue weighted by Crippen LogP contribution is -2.26. The molecule has 0 unspecified atom stereocenters. The first-order valence-corrected chi connectivity index (χ1v) is 12.2. The van der Waals surface area contributed by atoms with Crippen LogP contribution in [0.1, 0.15) is 88.7 Å².